The van der Waals surface area contributed by atoms with E-state index >= 15 is 0 Å². The SMILES string of the molecule is O=C(NC[C@@]1(O)CCCN(c2ccc(F)cn2)C1)C1CCCC1. The summed E-state index contributed by atoms with van der Waals surface area (Å²) >= 11 is 0. The summed E-state index contributed by atoms with van der Waals surface area (Å²) in [6.07, 6.45) is 6.79. The fraction of sp³-hybridized carbons (Fsp3) is 0.647. The van der Waals surface area contributed by atoms with Gasteiger partial charge in [0.25, 0.3) is 0 Å². The van der Waals surface area contributed by atoms with Gasteiger partial charge in [-0.1, -0.05) is 12.8 Å². The number of carbonyl (C=O) groups excluding carboxylic acids is 1. The molecule has 5 nitrogen and oxygen atoms in total. The highest BCUT2D eigenvalue weighted by molar-refractivity contribution is 5.78. The number of rotatable bonds is 4. The summed E-state index contributed by atoms with van der Waals surface area (Å²) in [5.74, 6) is 0.460. The van der Waals surface area contributed by atoms with Crippen LogP contribution in [0.25, 0.3) is 0 Å². The molecule has 2 aliphatic rings. The van der Waals surface area contributed by atoms with E-state index in [2.05, 4.69) is 10.3 Å². The summed E-state index contributed by atoms with van der Waals surface area (Å²) in [7, 11) is 0. The van der Waals surface area contributed by atoms with E-state index in [4.69, 9.17) is 0 Å². The Morgan fingerprint density at radius 2 is 2.17 bits per heavy atom. The van der Waals surface area contributed by atoms with Crippen molar-refractivity contribution in [1.82, 2.24) is 10.3 Å². The molecule has 1 amide bonds. The number of halogens is 1. The zero-order valence-corrected chi connectivity index (χ0v) is 13.3. The van der Waals surface area contributed by atoms with Crippen LogP contribution in [-0.2, 0) is 4.79 Å². The van der Waals surface area contributed by atoms with Crippen molar-refractivity contribution in [2.75, 3.05) is 24.5 Å². The van der Waals surface area contributed by atoms with Crippen LogP contribution in [0.4, 0.5) is 10.2 Å². The third kappa shape index (κ3) is 3.99. The predicted octanol–water partition coefficient (Wildman–Crippen LogP) is 1.86. The molecule has 2 heterocycles. The first-order valence-corrected chi connectivity index (χ1v) is 8.42. The van der Waals surface area contributed by atoms with Crippen LogP contribution >= 0.6 is 0 Å². The minimum absolute atomic E-state index is 0.0629. The Kier molecular flexibility index (Phi) is 4.80. The lowest BCUT2D eigenvalue weighted by molar-refractivity contribution is -0.126. The molecule has 1 saturated carbocycles. The van der Waals surface area contributed by atoms with E-state index in [9.17, 15) is 14.3 Å². The van der Waals surface area contributed by atoms with Gasteiger partial charge in [0.2, 0.25) is 5.91 Å². The number of nitrogens with zero attached hydrogens (tertiary/aromatic N) is 2. The van der Waals surface area contributed by atoms with E-state index in [1.807, 2.05) is 4.90 Å². The molecule has 3 rings (SSSR count). The van der Waals surface area contributed by atoms with Crippen LogP contribution in [0.2, 0.25) is 0 Å². The zero-order chi connectivity index (χ0) is 16.3. The highest BCUT2D eigenvalue weighted by Gasteiger charge is 2.35. The molecule has 23 heavy (non-hydrogen) atoms. The number of carbonyl (C=O) groups is 1. The van der Waals surface area contributed by atoms with Gasteiger partial charge in [-0.15, -0.1) is 0 Å². The number of aromatic nitrogens is 1. The van der Waals surface area contributed by atoms with Crippen LogP contribution < -0.4 is 10.2 Å². The van der Waals surface area contributed by atoms with E-state index < -0.39 is 5.60 Å². The van der Waals surface area contributed by atoms with Gasteiger partial charge in [0.15, 0.2) is 0 Å². The maximum atomic E-state index is 13.0. The van der Waals surface area contributed by atoms with Gasteiger partial charge in [-0.3, -0.25) is 4.79 Å². The molecule has 1 aliphatic carbocycles. The summed E-state index contributed by atoms with van der Waals surface area (Å²) in [5.41, 5.74) is -0.956. The maximum Gasteiger partial charge on any atom is 0.223 e. The fourth-order valence-corrected chi connectivity index (χ4v) is 3.59. The van der Waals surface area contributed by atoms with Crippen molar-refractivity contribution in [3.05, 3.63) is 24.1 Å². The smallest absolute Gasteiger partial charge is 0.223 e. The van der Waals surface area contributed by atoms with Crippen molar-refractivity contribution in [2.45, 2.75) is 44.1 Å². The van der Waals surface area contributed by atoms with Crippen LogP contribution in [0.15, 0.2) is 18.3 Å². The molecule has 1 aromatic heterocycles. The lowest BCUT2D eigenvalue weighted by Gasteiger charge is -2.40. The average Bonchev–Trinajstić information content (AvgIpc) is 3.08. The normalized spacial score (nSPS) is 25.6. The Balaban J connectivity index is 1.57. The van der Waals surface area contributed by atoms with Crippen LogP contribution in [0.1, 0.15) is 38.5 Å². The molecular weight excluding hydrogens is 297 g/mol. The third-order valence-corrected chi connectivity index (χ3v) is 4.91. The topological polar surface area (TPSA) is 65.5 Å². The highest BCUT2D eigenvalue weighted by Crippen LogP contribution is 2.27. The summed E-state index contributed by atoms with van der Waals surface area (Å²) in [4.78, 5) is 18.2. The van der Waals surface area contributed by atoms with Crippen molar-refractivity contribution in [1.29, 1.82) is 0 Å². The number of anilines is 1. The largest absolute Gasteiger partial charge is 0.386 e. The van der Waals surface area contributed by atoms with Gasteiger partial charge in [-0.2, -0.15) is 0 Å². The van der Waals surface area contributed by atoms with Crippen molar-refractivity contribution in [2.24, 2.45) is 5.92 Å². The maximum absolute atomic E-state index is 13.0. The van der Waals surface area contributed by atoms with Crippen LogP contribution in [0, 0.1) is 11.7 Å². The number of hydrogen-bond acceptors (Lipinski definition) is 4. The van der Waals surface area contributed by atoms with Gasteiger partial charge < -0.3 is 15.3 Å². The first-order chi connectivity index (χ1) is 11.1. The second-order valence-corrected chi connectivity index (χ2v) is 6.78. The second-order valence-electron chi connectivity index (χ2n) is 6.78. The Labute approximate surface area is 135 Å². The molecule has 126 valence electrons. The first kappa shape index (κ1) is 16.2. The molecular formula is C17H24FN3O2. The van der Waals surface area contributed by atoms with Gasteiger partial charge in [0, 0.05) is 25.6 Å². The zero-order valence-electron chi connectivity index (χ0n) is 13.3. The third-order valence-electron chi connectivity index (χ3n) is 4.91. The predicted molar refractivity (Wildman–Crippen MR) is 85.6 cm³/mol. The minimum Gasteiger partial charge on any atom is -0.386 e. The quantitative estimate of drug-likeness (QED) is 0.888. The monoisotopic (exact) mass is 321 g/mol. The fourth-order valence-electron chi connectivity index (χ4n) is 3.59. The van der Waals surface area contributed by atoms with Crippen molar-refractivity contribution >= 4 is 11.7 Å². The molecule has 6 heteroatoms. The molecule has 1 atom stereocenters. The van der Waals surface area contributed by atoms with Gasteiger partial charge in [-0.05, 0) is 37.8 Å². The number of hydrogen-bond donors (Lipinski definition) is 2. The number of β-amino-alcohol motifs (C(OH)–C–C–N with tert-alkyl or cyclic N) is 1. The average molecular weight is 321 g/mol. The van der Waals surface area contributed by atoms with Gasteiger partial charge in [0.05, 0.1) is 11.8 Å². The molecule has 1 aliphatic heterocycles. The van der Waals surface area contributed by atoms with Gasteiger partial charge >= 0.3 is 0 Å². The van der Waals surface area contributed by atoms with Crippen LogP contribution in [0.5, 0.6) is 0 Å². The number of amides is 1. The van der Waals surface area contributed by atoms with Crippen molar-refractivity contribution in [3.8, 4) is 0 Å². The summed E-state index contributed by atoms with van der Waals surface area (Å²) in [6.45, 7) is 1.44. The number of nitrogens with one attached hydrogen (secondary N) is 1. The number of aliphatic hydroxyl groups is 1. The number of piperidine rings is 1. The summed E-state index contributed by atoms with van der Waals surface area (Å²) in [6, 6.07) is 3.00. The van der Waals surface area contributed by atoms with E-state index in [1.54, 1.807) is 6.07 Å². The number of pyridine rings is 1. The van der Waals surface area contributed by atoms with E-state index in [-0.39, 0.29) is 24.2 Å². The van der Waals surface area contributed by atoms with E-state index in [1.165, 1.54) is 12.3 Å². The van der Waals surface area contributed by atoms with E-state index in [0.717, 1.165) is 38.6 Å². The Bertz CT molecular complexity index is 545. The van der Waals surface area contributed by atoms with E-state index in [0.29, 0.717) is 18.8 Å². The van der Waals surface area contributed by atoms with Crippen molar-refractivity contribution < 1.29 is 14.3 Å². The molecule has 2 fully saturated rings. The lowest BCUT2D eigenvalue weighted by atomic mass is 9.92. The standard InChI is InChI=1S/C17H24FN3O2/c18-14-6-7-15(19-10-14)21-9-3-8-17(23,12-21)11-20-16(22)13-4-1-2-5-13/h6-7,10,13,23H,1-5,8-9,11-12H2,(H,20,22)/t17-/m0/s1. The summed E-state index contributed by atoms with van der Waals surface area (Å²) in [5, 5.41) is 13.7. The van der Waals surface area contributed by atoms with Crippen LogP contribution in [-0.4, -0.2) is 41.2 Å². The highest BCUT2D eigenvalue weighted by atomic mass is 19.1. The molecule has 2 N–H and O–H groups in total. The molecule has 1 aromatic rings. The van der Waals surface area contributed by atoms with Crippen molar-refractivity contribution in [3.63, 3.8) is 0 Å². The first-order valence-electron chi connectivity index (χ1n) is 8.42. The second kappa shape index (κ2) is 6.83. The molecule has 0 unspecified atom stereocenters. The van der Waals surface area contributed by atoms with Crippen LogP contribution in [0.3, 0.4) is 0 Å². The Morgan fingerprint density at radius 3 is 2.87 bits per heavy atom. The molecule has 0 spiro atoms. The summed E-state index contributed by atoms with van der Waals surface area (Å²) < 4.78 is 13.0. The Morgan fingerprint density at radius 1 is 1.39 bits per heavy atom. The molecule has 0 radical (unpaired) electrons. The minimum atomic E-state index is -0.956. The molecule has 1 saturated heterocycles. The molecule has 0 bridgehead atoms. The lowest BCUT2D eigenvalue weighted by Crippen LogP contribution is -2.55. The Hall–Kier alpha value is -1.69. The van der Waals surface area contributed by atoms with Gasteiger partial charge in [-0.25, -0.2) is 9.37 Å². The molecule has 0 aromatic carbocycles. The van der Waals surface area contributed by atoms with Gasteiger partial charge in [0.1, 0.15) is 11.6 Å².